The molecule has 1 N–H and O–H groups in total. The molecule has 0 aliphatic heterocycles. The molecule has 94 valence electrons. The van der Waals surface area contributed by atoms with Crippen molar-refractivity contribution in [2.45, 2.75) is 12.8 Å². The van der Waals surface area contributed by atoms with Crippen LogP contribution in [0.15, 0.2) is 42.5 Å². The van der Waals surface area contributed by atoms with Gasteiger partial charge in [-0.25, -0.2) is 13.8 Å². The lowest BCUT2D eigenvalue weighted by molar-refractivity contribution is 0.0178. The molecule has 0 bridgehead atoms. The monoisotopic (exact) mass is 248 g/mol. The lowest BCUT2D eigenvalue weighted by Crippen LogP contribution is -2.11. The maximum atomic E-state index is 13.6. The number of nitrogens with one attached hydrogen (secondary N) is 1. The van der Waals surface area contributed by atoms with Crippen molar-refractivity contribution in [2.24, 2.45) is 0 Å². The van der Waals surface area contributed by atoms with Crippen LogP contribution in [0.4, 0.5) is 14.6 Å². The summed E-state index contributed by atoms with van der Waals surface area (Å²) in [6.07, 6.45) is 0. The van der Waals surface area contributed by atoms with Gasteiger partial charge in [-0.1, -0.05) is 30.3 Å². The summed E-state index contributed by atoms with van der Waals surface area (Å²) in [4.78, 5) is 4.24. The fourth-order valence-electron chi connectivity index (χ4n) is 1.77. The Labute approximate surface area is 105 Å². The molecule has 0 atom stereocenters. The fourth-order valence-corrected chi connectivity index (χ4v) is 1.77. The summed E-state index contributed by atoms with van der Waals surface area (Å²) in [6.45, 7) is 0.884. The van der Waals surface area contributed by atoms with E-state index in [-0.39, 0.29) is 5.56 Å². The molecule has 0 radical (unpaired) electrons. The van der Waals surface area contributed by atoms with Gasteiger partial charge in [0, 0.05) is 25.1 Å². The van der Waals surface area contributed by atoms with Crippen molar-refractivity contribution < 1.29 is 8.78 Å². The van der Waals surface area contributed by atoms with Crippen LogP contribution in [-0.2, 0) is 5.92 Å². The molecule has 18 heavy (non-hydrogen) atoms. The quantitative estimate of drug-likeness (QED) is 0.891. The molecule has 2 nitrogen and oxygen atoms in total. The first-order valence-electron chi connectivity index (χ1n) is 5.65. The molecule has 0 aliphatic rings. The summed E-state index contributed by atoms with van der Waals surface area (Å²) >= 11 is 0. The Kier molecular flexibility index (Phi) is 3.28. The van der Waals surface area contributed by atoms with Gasteiger partial charge in [0.15, 0.2) is 0 Å². The Bertz CT molecular complexity index is 533. The van der Waals surface area contributed by atoms with Crippen molar-refractivity contribution in [1.29, 1.82) is 0 Å². The standard InChI is InChI=1S/C14H14F2N2/c1-14(15,16)11-8-9-12(17-2)18-13(11)10-6-4-3-5-7-10/h3-9H,1-2H3,(H,17,18). The molecule has 4 heteroatoms. The third kappa shape index (κ3) is 2.47. The van der Waals surface area contributed by atoms with Crippen molar-refractivity contribution in [3.8, 4) is 11.3 Å². The number of halogens is 2. The summed E-state index contributed by atoms with van der Waals surface area (Å²) in [5, 5.41) is 2.86. The van der Waals surface area contributed by atoms with Gasteiger partial charge in [-0.3, -0.25) is 0 Å². The summed E-state index contributed by atoms with van der Waals surface area (Å²) in [5.74, 6) is -2.34. The van der Waals surface area contributed by atoms with Crippen molar-refractivity contribution in [3.05, 3.63) is 48.0 Å². The Morgan fingerprint density at radius 2 is 1.72 bits per heavy atom. The number of benzene rings is 1. The van der Waals surface area contributed by atoms with Crippen LogP contribution in [0.1, 0.15) is 12.5 Å². The zero-order valence-corrected chi connectivity index (χ0v) is 10.2. The topological polar surface area (TPSA) is 24.9 Å². The minimum Gasteiger partial charge on any atom is -0.373 e. The normalized spacial score (nSPS) is 11.3. The zero-order valence-electron chi connectivity index (χ0n) is 10.2. The van der Waals surface area contributed by atoms with Gasteiger partial charge in [0.1, 0.15) is 5.82 Å². The minimum absolute atomic E-state index is 0.0623. The van der Waals surface area contributed by atoms with Gasteiger partial charge in [0.05, 0.1) is 5.69 Å². The first-order chi connectivity index (χ1) is 8.52. The third-order valence-corrected chi connectivity index (χ3v) is 2.67. The fraction of sp³-hybridized carbons (Fsp3) is 0.214. The predicted octanol–water partition coefficient (Wildman–Crippen LogP) is 3.90. The van der Waals surface area contributed by atoms with E-state index in [2.05, 4.69) is 10.3 Å². The molecule has 0 aliphatic carbocycles. The minimum atomic E-state index is -2.91. The van der Waals surface area contributed by atoms with E-state index in [9.17, 15) is 8.78 Å². The van der Waals surface area contributed by atoms with Crippen LogP contribution < -0.4 is 5.32 Å². The molecule has 1 heterocycles. The van der Waals surface area contributed by atoms with Crippen LogP contribution in [0.3, 0.4) is 0 Å². The molecular formula is C14H14F2N2. The second-order valence-electron chi connectivity index (χ2n) is 4.10. The number of alkyl halides is 2. The highest BCUT2D eigenvalue weighted by Gasteiger charge is 2.29. The Morgan fingerprint density at radius 3 is 2.28 bits per heavy atom. The molecule has 1 aromatic heterocycles. The third-order valence-electron chi connectivity index (χ3n) is 2.67. The summed E-state index contributed by atoms with van der Waals surface area (Å²) in [5.41, 5.74) is 0.939. The zero-order chi connectivity index (χ0) is 13.2. The Balaban J connectivity index is 2.62. The van der Waals surface area contributed by atoms with E-state index in [1.54, 1.807) is 37.4 Å². The number of hydrogen-bond acceptors (Lipinski definition) is 2. The number of anilines is 1. The number of hydrogen-bond donors (Lipinski definition) is 1. The van der Waals surface area contributed by atoms with E-state index < -0.39 is 5.92 Å². The van der Waals surface area contributed by atoms with Crippen molar-refractivity contribution >= 4 is 5.82 Å². The number of aromatic nitrogens is 1. The van der Waals surface area contributed by atoms with Gasteiger partial charge in [-0.15, -0.1) is 0 Å². The first-order valence-corrected chi connectivity index (χ1v) is 5.65. The number of pyridine rings is 1. The molecule has 0 saturated heterocycles. The van der Waals surface area contributed by atoms with Crippen LogP contribution in [0.2, 0.25) is 0 Å². The largest absolute Gasteiger partial charge is 0.373 e. The average molecular weight is 248 g/mol. The van der Waals surface area contributed by atoms with Crippen LogP contribution in [-0.4, -0.2) is 12.0 Å². The van der Waals surface area contributed by atoms with Gasteiger partial charge in [-0.2, -0.15) is 0 Å². The van der Waals surface area contributed by atoms with Gasteiger partial charge in [0.2, 0.25) is 0 Å². The SMILES string of the molecule is CNc1ccc(C(C)(F)F)c(-c2ccccc2)n1. The molecule has 2 rings (SSSR count). The molecule has 0 saturated carbocycles. The predicted molar refractivity (Wildman–Crippen MR) is 68.8 cm³/mol. The molecule has 2 aromatic rings. The lowest BCUT2D eigenvalue weighted by atomic mass is 10.0. The molecule has 0 amide bonds. The summed E-state index contributed by atoms with van der Waals surface area (Å²) in [7, 11) is 1.71. The van der Waals surface area contributed by atoms with E-state index in [0.717, 1.165) is 6.92 Å². The van der Waals surface area contributed by atoms with Crippen LogP contribution in [0.5, 0.6) is 0 Å². The van der Waals surface area contributed by atoms with Crippen molar-refractivity contribution in [1.82, 2.24) is 4.98 Å². The van der Waals surface area contributed by atoms with Crippen molar-refractivity contribution in [3.63, 3.8) is 0 Å². The molecule has 0 spiro atoms. The van der Waals surface area contributed by atoms with E-state index in [4.69, 9.17) is 0 Å². The second kappa shape index (κ2) is 4.72. The van der Waals surface area contributed by atoms with E-state index in [1.807, 2.05) is 6.07 Å². The van der Waals surface area contributed by atoms with Crippen LogP contribution >= 0.6 is 0 Å². The van der Waals surface area contributed by atoms with E-state index in [0.29, 0.717) is 17.1 Å². The van der Waals surface area contributed by atoms with E-state index in [1.165, 1.54) is 6.07 Å². The van der Waals surface area contributed by atoms with Gasteiger partial charge >= 0.3 is 0 Å². The van der Waals surface area contributed by atoms with Gasteiger partial charge < -0.3 is 5.32 Å². The van der Waals surface area contributed by atoms with E-state index >= 15 is 0 Å². The Hall–Kier alpha value is -1.97. The maximum Gasteiger partial charge on any atom is 0.272 e. The van der Waals surface area contributed by atoms with Crippen LogP contribution in [0, 0.1) is 0 Å². The Morgan fingerprint density at radius 1 is 1.06 bits per heavy atom. The summed E-state index contributed by atoms with van der Waals surface area (Å²) < 4.78 is 27.2. The maximum absolute atomic E-state index is 13.6. The molecule has 0 unspecified atom stereocenters. The number of nitrogens with zero attached hydrogens (tertiary/aromatic N) is 1. The highest BCUT2D eigenvalue weighted by atomic mass is 19.3. The first kappa shape index (κ1) is 12.5. The highest BCUT2D eigenvalue weighted by Crippen LogP contribution is 2.35. The van der Waals surface area contributed by atoms with Crippen molar-refractivity contribution in [2.75, 3.05) is 12.4 Å². The highest BCUT2D eigenvalue weighted by molar-refractivity contribution is 5.66. The second-order valence-corrected chi connectivity index (χ2v) is 4.10. The molecular weight excluding hydrogens is 234 g/mol. The smallest absolute Gasteiger partial charge is 0.272 e. The average Bonchev–Trinajstić information content (AvgIpc) is 2.38. The van der Waals surface area contributed by atoms with Gasteiger partial charge in [-0.05, 0) is 12.1 Å². The number of rotatable bonds is 3. The molecule has 0 fully saturated rings. The van der Waals surface area contributed by atoms with Gasteiger partial charge in [0.25, 0.3) is 5.92 Å². The molecule has 1 aromatic carbocycles. The summed E-state index contributed by atoms with van der Waals surface area (Å²) in [6, 6.07) is 12.0. The lowest BCUT2D eigenvalue weighted by Gasteiger charge is -2.16. The van der Waals surface area contributed by atoms with Crippen LogP contribution in [0.25, 0.3) is 11.3 Å².